The van der Waals surface area contributed by atoms with Crippen molar-refractivity contribution in [2.24, 2.45) is 5.73 Å². The minimum atomic E-state index is -0.268. The normalized spacial score (nSPS) is 11.9. The molecule has 0 saturated heterocycles. The Morgan fingerprint density at radius 1 is 1.62 bits per heavy atom. The first-order valence-corrected chi connectivity index (χ1v) is 4.96. The standard InChI is InChI=1S/C11H16N2O3/c1-7(6-12)13-11(15)8-3-4-10(16-2)9(14)5-8/h3-5,7,14H,6,12H2,1-2H3,(H,13,15)/t7-/m1/s1. The summed E-state index contributed by atoms with van der Waals surface area (Å²) in [6.45, 7) is 2.18. The molecular formula is C11H16N2O3. The maximum Gasteiger partial charge on any atom is 0.251 e. The number of carbonyl (C=O) groups is 1. The summed E-state index contributed by atoms with van der Waals surface area (Å²) in [5.74, 6) is 0.00915. The smallest absolute Gasteiger partial charge is 0.251 e. The summed E-state index contributed by atoms with van der Waals surface area (Å²) in [6, 6.07) is 4.38. The van der Waals surface area contributed by atoms with Crippen LogP contribution in [-0.2, 0) is 0 Å². The van der Waals surface area contributed by atoms with Gasteiger partial charge >= 0.3 is 0 Å². The van der Waals surface area contributed by atoms with Crippen molar-refractivity contribution in [2.75, 3.05) is 13.7 Å². The molecule has 88 valence electrons. The molecule has 5 heteroatoms. The number of phenols is 1. The number of ether oxygens (including phenoxy) is 1. The maximum absolute atomic E-state index is 11.6. The first kappa shape index (κ1) is 12.3. The summed E-state index contributed by atoms with van der Waals surface area (Å²) in [5, 5.41) is 12.2. The second-order valence-corrected chi connectivity index (χ2v) is 3.50. The van der Waals surface area contributed by atoms with E-state index in [1.165, 1.54) is 19.2 Å². The quantitative estimate of drug-likeness (QED) is 0.694. The Morgan fingerprint density at radius 2 is 2.31 bits per heavy atom. The Balaban J connectivity index is 2.81. The number of aromatic hydroxyl groups is 1. The van der Waals surface area contributed by atoms with Crippen molar-refractivity contribution in [2.45, 2.75) is 13.0 Å². The zero-order valence-electron chi connectivity index (χ0n) is 9.36. The molecule has 1 aromatic rings. The summed E-state index contributed by atoms with van der Waals surface area (Å²) < 4.78 is 4.88. The number of phenolic OH excluding ortho intramolecular Hbond substituents is 1. The summed E-state index contributed by atoms with van der Waals surface area (Å²) in [5.41, 5.74) is 5.76. The highest BCUT2D eigenvalue weighted by molar-refractivity contribution is 5.95. The van der Waals surface area contributed by atoms with E-state index < -0.39 is 0 Å². The highest BCUT2D eigenvalue weighted by Gasteiger charge is 2.11. The highest BCUT2D eigenvalue weighted by Crippen LogP contribution is 2.26. The van der Waals surface area contributed by atoms with Crippen molar-refractivity contribution >= 4 is 5.91 Å². The molecule has 0 unspecified atom stereocenters. The van der Waals surface area contributed by atoms with Crippen molar-refractivity contribution in [3.8, 4) is 11.5 Å². The van der Waals surface area contributed by atoms with Gasteiger partial charge in [0.2, 0.25) is 0 Å². The van der Waals surface area contributed by atoms with Crippen LogP contribution in [0.25, 0.3) is 0 Å². The number of nitrogens with two attached hydrogens (primary N) is 1. The molecule has 0 saturated carbocycles. The molecule has 0 aliphatic rings. The van der Waals surface area contributed by atoms with Gasteiger partial charge in [-0.2, -0.15) is 0 Å². The molecule has 0 bridgehead atoms. The van der Waals surface area contributed by atoms with Gasteiger partial charge < -0.3 is 20.9 Å². The molecule has 5 nitrogen and oxygen atoms in total. The summed E-state index contributed by atoms with van der Waals surface area (Å²) in [7, 11) is 1.45. The van der Waals surface area contributed by atoms with Crippen LogP contribution in [0.2, 0.25) is 0 Å². The van der Waals surface area contributed by atoms with Gasteiger partial charge in [0.25, 0.3) is 5.91 Å². The van der Waals surface area contributed by atoms with Crippen LogP contribution in [0, 0.1) is 0 Å². The SMILES string of the molecule is COc1ccc(C(=O)N[C@H](C)CN)cc1O. The van der Waals surface area contributed by atoms with Gasteiger partial charge in [0, 0.05) is 18.2 Å². The molecule has 1 amide bonds. The first-order valence-electron chi connectivity index (χ1n) is 4.96. The summed E-state index contributed by atoms with van der Waals surface area (Å²) in [4.78, 5) is 11.6. The van der Waals surface area contributed by atoms with E-state index in [1.807, 2.05) is 0 Å². The van der Waals surface area contributed by atoms with Gasteiger partial charge in [-0.15, -0.1) is 0 Å². The fourth-order valence-corrected chi connectivity index (χ4v) is 1.20. The first-order chi connectivity index (χ1) is 7.58. The predicted molar refractivity (Wildman–Crippen MR) is 60.6 cm³/mol. The van der Waals surface area contributed by atoms with Crippen molar-refractivity contribution < 1.29 is 14.6 Å². The Kier molecular flexibility index (Phi) is 4.13. The van der Waals surface area contributed by atoms with E-state index in [0.29, 0.717) is 17.9 Å². The highest BCUT2D eigenvalue weighted by atomic mass is 16.5. The number of hydrogen-bond acceptors (Lipinski definition) is 4. The Bertz CT molecular complexity index is 379. The molecule has 0 heterocycles. The van der Waals surface area contributed by atoms with Gasteiger partial charge in [0.05, 0.1) is 7.11 Å². The Hall–Kier alpha value is -1.75. The molecule has 4 N–H and O–H groups in total. The minimum Gasteiger partial charge on any atom is -0.504 e. The minimum absolute atomic E-state index is 0.0597. The predicted octanol–water partition coefficient (Wildman–Crippen LogP) is 0.478. The van der Waals surface area contributed by atoms with Crippen molar-refractivity contribution in [3.05, 3.63) is 23.8 Å². The number of amides is 1. The zero-order valence-corrected chi connectivity index (χ0v) is 9.36. The average molecular weight is 224 g/mol. The zero-order chi connectivity index (χ0) is 12.1. The molecule has 0 radical (unpaired) electrons. The molecule has 0 spiro atoms. The third-order valence-corrected chi connectivity index (χ3v) is 2.17. The molecular weight excluding hydrogens is 208 g/mol. The Morgan fingerprint density at radius 3 is 2.81 bits per heavy atom. The van der Waals surface area contributed by atoms with E-state index >= 15 is 0 Å². The van der Waals surface area contributed by atoms with E-state index in [2.05, 4.69) is 5.32 Å². The lowest BCUT2D eigenvalue weighted by Gasteiger charge is -2.11. The summed E-state index contributed by atoms with van der Waals surface area (Å²) in [6.07, 6.45) is 0. The fraction of sp³-hybridized carbons (Fsp3) is 0.364. The molecule has 16 heavy (non-hydrogen) atoms. The third kappa shape index (κ3) is 2.87. The number of hydrogen-bond donors (Lipinski definition) is 3. The molecule has 0 aliphatic carbocycles. The van der Waals surface area contributed by atoms with E-state index in [9.17, 15) is 9.90 Å². The average Bonchev–Trinajstić information content (AvgIpc) is 2.28. The van der Waals surface area contributed by atoms with Crippen LogP contribution >= 0.6 is 0 Å². The van der Waals surface area contributed by atoms with Gasteiger partial charge in [0.15, 0.2) is 11.5 Å². The monoisotopic (exact) mass is 224 g/mol. The topological polar surface area (TPSA) is 84.6 Å². The second-order valence-electron chi connectivity index (χ2n) is 3.50. The van der Waals surface area contributed by atoms with Gasteiger partial charge in [-0.05, 0) is 25.1 Å². The second kappa shape index (κ2) is 5.37. The van der Waals surface area contributed by atoms with Crippen molar-refractivity contribution in [1.29, 1.82) is 0 Å². The maximum atomic E-state index is 11.6. The lowest BCUT2D eigenvalue weighted by molar-refractivity contribution is 0.0941. The van der Waals surface area contributed by atoms with Crippen molar-refractivity contribution in [3.63, 3.8) is 0 Å². The van der Waals surface area contributed by atoms with E-state index in [-0.39, 0.29) is 17.7 Å². The molecule has 1 rings (SSSR count). The van der Waals surface area contributed by atoms with Gasteiger partial charge in [-0.3, -0.25) is 4.79 Å². The van der Waals surface area contributed by atoms with Crippen LogP contribution in [0.3, 0.4) is 0 Å². The lowest BCUT2D eigenvalue weighted by Crippen LogP contribution is -2.37. The van der Waals surface area contributed by atoms with Crippen LogP contribution in [0.15, 0.2) is 18.2 Å². The van der Waals surface area contributed by atoms with E-state index in [4.69, 9.17) is 10.5 Å². The van der Waals surface area contributed by atoms with Gasteiger partial charge in [-0.25, -0.2) is 0 Å². The third-order valence-electron chi connectivity index (χ3n) is 2.17. The van der Waals surface area contributed by atoms with Crippen LogP contribution < -0.4 is 15.8 Å². The largest absolute Gasteiger partial charge is 0.504 e. The van der Waals surface area contributed by atoms with Crippen LogP contribution in [-0.4, -0.2) is 30.7 Å². The number of benzene rings is 1. The van der Waals surface area contributed by atoms with Gasteiger partial charge in [0.1, 0.15) is 0 Å². The van der Waals surface area contributed by atoms with Crippen LogP contribution in [0.1, 0.15) is 17.3 Å². The number of methoxy groups -OCH3 is 1. The van der Waals surface area contributed by atoms with Crippen LogP contribution in [0.4, 0.5) is 0 Å². The molecule has 1 aromatic carbocycles. The van der Waals surface area contributed by atoms with E-state index in [0.717, 1.165) is 0 Å². The molecule has 1 atom stereocenters. The molecule has 0 aliphatic heterocycles. The number of rotatable bonds is 4. The van der Waals surface area contributed by atoms with Crippen LogP contribution in [0.5, 0.6) is 11.5 Å². The van der Waals surface area contributed by atoms with E-state index in [1.54, 1.807) is 13.0 Å². The fourth-order valence-electron chi connectivity index (χ4n) is 1.20. The Labute approximate surface area is 94.2 Å². The lowest BCUT2D eigenvalue weighted by atomic mass is 10.1. The van der Waals surface area contributed by atoms with Crippen molar-refractivity contribution in [1.82, 2.24) is 5.32 Å². The molecule has 0 fully saturated rings. The van der Waals surface area contributed by atoms with Gasteiger partial charge in [-0.1, -0.05) is 0 Å². The number of carbonyl (C=O) groups excluding carboxylic acids is 1. The number of nitrogens with one attached hydrogen (secondary N) is 1. The summed E-state index contributed by atoms with van der Waals surface area (Å²) >= 11 is 0. The molecule has 0 aromatic heterocycles.